The molecular weight excluding hydrogens is 452 g/mol. The normalized spacial score (nSPS) is 28.8. The summed E-state index contributed by atoms with van der Waals surface area (Å²) in [5.41, 5.74) is 1.89. The van der Waals surface area contributed by atoms with Crippen molar-refractivity contribution in [2.75, 3.05) is 7.11 Å². The molecule has 6 rings (SSSR count). The van der Waals surface area contributed by atoms with E-state index in [2.05, 4.69) is 22.0 Å². The molecule has 31 heavy (non-hydrogen) atoms. The maximum atomic E-state index is 13.3. The second kappa shape index (κ2) is 8.46. The maximum Gasteiger partial charge on any atom is 0.161 e. The van der Waals surface area contributed by atoms with Crippen molar-refractivity contribution in [2.45, 2.75) is 45.1 Å². The van der Waals surface area contributed by atoms with Gasteiger partial charge in [0.25, 0.3) is 0 Å². The SMILES string of the molecule is COc1ccc(/C=C/C(=O)C23CC4CC(CC(C4)C2)C3)cc1COc1cccc(Br)c1. The smallest absolute Gasteiger partial charge is 0.161 e. The summed E-state index contributed by atoms with van der Waals surface area (Å²) in [7, 11) is 1.67. The van der Waals surface area contributed by atoms with Crippen molar-refractivity contribution in [1.29, 1.82) is 0 Å². The van der Waals surface area contributed by atoms with Gasteiger partial charge in [-0.25, -0.2) is 0 Å². The molecule has 0 amide bonds. The molecule has 0 N–H and O–H groups in total. The molecule has 0 unspecified atom stereocenters. The highest BCUT2D eigenvalue weighted by Gasteiger charge is 2.53. The number of carbonyl (C=O) groups is 1. The minimum Gasteiger partial charge on any atom is -0.496 e. The summed E-state index contributed by atoms with van der Waals surface area (Å²) in [5, 5.41) is 0. The average Bonchev–Trinajstić information content (AvgIpc) is 2.75. The van der Waals surface area contributed by atoms with Crippen LogP contribution in [0.5, 0.6) is 11.5 Å². The number of halogens is 1. The number of ketones is 1. The minimum absolute atomic E-state index is 0.0790. The summed E-state index contributed by atoms with van der Waals surface area (Å²) in [4.78, 5) is 13.3. The zero-order valence-corrected chi connectivity index (χ0v) is 19.6. The van der Waals surface area contributed by atoms with E-state index in [9.17, 15) is 4.79 Å². The fraction of sp³-hybridized carbons (Fsp3) is 0.444. The number of methoxy groups -OCH3 is 1. The third-order valence-electron chi connectivity index (χ3n) is 7.48. The maximum absolute atomic E-state index is 13.3. The van der Waals surface area contributed by atoms with Crippen LogP contribution in [0.25, 0.3) is 6.08 Å². The number of carbonyl (C=O) groups excluding carboxylic acids is 1. The van der Waals surface area contributed by atoms with Crippen LogP contribution < -0.4 is 9.47 Å². The van der Waals surface area contributed by atoms with Gasteiger partial charge in [0.1, 0.15) is 18.1 Å². The van der Waals surface area contributed by atoms with Crippen molar-refractivity contribution in [1.82, 2.24) is 0 Å². The van der Waals surface area contributed by atoms with E-state index in [0.717, 1.165) is 64.1 Å². The fourth-order valence-corrected chi connectivity index (χ4v) is 6.87. The molecule has 4 fully saturated rings. The molecule has 3 nitrogen and oxygen atoms in total. The Labute approximate surface area is 193 Å². The van der Waals surface area contributed by atoms with Gasteiger partial charge in [0.05, 0.1) is 7.11 Å². The van der Waals surface area contributed by atoms with E-state index in [1.807, 2.05) is 48.6 Å². The summed E-state index contributed by atoms with van der Waals surface area (Å²) < 4.78 is 12.5. The molecule has 0 radical (unpaired) electrons. The largest absolute Gasteiger partial charge is 0.496 e. The lowest BCUT2D eigenvalue weighted by Gasteiger charge is -2.55. The Bertz CT molecular complexity index is 974. The molecule has 4 aliphatic carbocycles. The minimum atomic E-state index is -0.0790. The summed E-state index contributed by atoms with van der Waals surface area (Å²) in [6, 6.07) is 13.8. The summed E-state index contributed by atoms with van der Waals surface area (Å²) in [6.07, 6.45) is 11.2. The van der Waals surface area contributed by atoms with Crippen LogP contribution in [0, 0.1) is 23.2 Å². The Morgan fingerprint density at radius 2 is 1.77 bits per heavy atom. The molecule has 4 saturated carbocycles. The van der Waals surface area contributed by atoms with Gasteiger partial charge in [0.15, 0.2) is 5.78 Å². The number of ether oxygens (including phenoxy) is 2. The number of benzene rings is 2. The van der Waals surface area contributed by atoms with Gasteiger partial charge in [-0.2, -0.15) is 0 Å². The van der Waals surface area contributed by atoms with Crippen LogP contribution in [0.4, 0.5) is 0 Å². The second-order valence-electron chi connectivity index (χ2n) is 9.71. The van der Waals surface area contributed by atoms with Crippen LogP contribution in [0.15, 0.2) is 53.0 Å². The van der Waals surface area contributed by atoms with Crippen LogP contribution in [0.2, 0.25) is 0 Å². The molecule has 4 heteroatoms. The Morgan fingerprint density at radius 1 is 1.06 bits per heavy atom. The fourth-order valence-electron chi connectivity index (χ4n) is 6.49. The predicted octanol–water partition coefficient (Wildman–Crippen LogP) is 6.84. The summed E-state index contributed by atoms with van der Waals surface area (Å²) in [5.74, 6) is 4.28. The van der Waals surface area contributed by atoms with Crippen molar-refractivity contribution in [3.63, 3.8) is 0 Å². The number of rotatable bonds is 7. The van der Waals surface area contributed by atoms with E-state index < -0.39 is 0 Å². The third-order valence-corrected chi connectivity index (χ3v) is 7.98. The highest BCUT2D eigenvalue weighted by Crippen LogP contribution is 2.60. The molecule has 2 aromatic carbocycles. The van der Waals surface area contributed by atoms with Gasteiger partial charge in [-0.3, -0.25) is 4.79 Å². The first kappa shape index (κ1) is 20.8. The monoisotopic (exact) mass is 480 g/mol. The van der Waals surface area contributed by atoms with Crippen LogP contribution in [0.3, 0.4) is 0 Å². The first-order valence-corrected chi connectivity index (χ1v) is 12.1. The third kappa shape index (κ3) is 4.32. The first-order chi connectivity index (χ1) is 15.0. The molecule has 4 aliphatic rings. The van der Waals surface area contributed by atoms with Gasteiger partial charge in [0.2, 0.25) is 0 Å². The van der Waals surface area contributed by atoms with Crippen LogP contribution in [-0.2, 0) is 11.4 Å². The molecule has 2 aromatic rings. The van der Waals surface area contributed by atoms with E-state index in [-0.39, 0.29) is 5.41 Å². The van der Waals surface area contributed by atoms with Gasteiger partial charge in [-0.15, -0.1) is 0 Å². The second-order valence-corrected chi connectivity index (χ2v) is 10.6. The molecule has 0 heterocycles. The highest BCUT2D eigenvalue weighted by molar-refractivity contribution is 9.10. The highest BCUT2D eigenvalue weighted by atomic mass is 79.9. The standard InChI is InChI=1S/C27H29BrO3/c1-30-25-7-5-18(12-22(25)17-31-24-4-2-3-23(28)13-24)6-8-26(29)27-14-19-9-20(15-27)11-21(10-19)16-27/h2-8,12-13,19-21H,9-11,14-17H2,1H3/b8-6+. The van der Waals surface area contributed by atoms with Crippen molar-refractivity contribution in [2.24, 2.45) is 23.2 Å². The molecule has 162 valence electrons. The van der Waals surface area contributed by atoms with E-state index in [0.29, 0.717) is 12.4 Å². The first-order valence-electron chi connectivity index (χ1n) is 11.3. The molecule has 0 aliphatic heterocycles. The van der Waals surface area contributed by atoms with E-state index in [4.69, 9.17) is 9.47 Å². The molecule has 0 spiro atoms. The quantitative estimate of drug-likeness (QED) is 0.407. The van der Waals surface area contributed by atoms with Crippen molar-refractivity contribution in [3.8, 4) is 11.5 Å². The van der Waals surface area contributed by atoms with Gasteiger partial charge in [-0.05, 0) is 98.2 Å². The van der Waals surface area contributed by atoms with Gasteiger partial charge >= 0.3 is 0 Å². The zero-order valence-electron chi connectivity index (χ0n) is 18.0. The van der Waals surface area contributed by atoms with Crippen LogP contribution >= 0.6 is 15.9 Å². The predicted molar refractivity (Wildman–Crippen MR) is 126 cm³/mol. The van der Waals surface area contributed by atoms with Crippen molar-refractivity contribution >= 4 is 27.8 Å². The zero-order chi connectivity index (χ0) is 21.4. The molecule has 0 atom stereocenters. The topological polar surface area (TPSA) is 35.5 Å². The van der Waals surface area contributed by atoms with Crippen LogP contribution in [-0.4, -0.2) is 12.9 Å². The molecule has 0 aromatic heterocycles. The Morgan fingerprint density at radius 3 is 2.42 bits per heavy atom. The summed E-state index contributed by atoms with van der Waals surface area (Å²) in [6.45, 7) is 0.407. The lowest BCUT2D eigenvalue weighted by molar-refractivity contribution is -0.138. The number of allylic oxidation sites excluding steroid dienone is 1. The molecular formula is C27H29BrO3. The Kier molecular flexibility index (Phi) is 5.68. The number of hydrogen-bond donors (Lipinski definition) is 0. The van der Waals surface area contributed by atoms with Gasteiger partial charge in [0, 0.05) is 15.5 Å². The Hall–Kier alpha value is -2.07. The number of hydrogen-bond acceptors (Lipinski definition) is 3. The van der Waals surface area contributed by atoms with Gasteiger partial charge < -0.3 is 9.47 Å². The molecule has 4 bridgehead atoms. The van der Waals surface area contributed by atoms with E-state index >= 15 is 0 Å². The van der Waals surface area contributed by atoms with E-state index in [1.165, 1.54) is 19.3 Å². The Balaban J connectivity index is 1.30. The van der Waals surface area contributed by atoms with Crippen molar-refractivity contribution < 1.29 is 14.3 Å². The molecule has 0 saturated heterocycles. The van der Waals surface area contributed by atoms with E-state index in [1.54, 1.807) is 7.11 Å². The lowest BCUT2D eigenvalue weighted by atomic mass is 9.48. The lowest BCUT2D eigenvalue weighted by Crippen LogP contribution is -2.49. The summed E-state index contributed by atoms with van der Waals surface area (Å²) >= 11 is 3.47. The average molecular weight is 481 g/mol. The van der Waals surface area contributed by atoms with Crippen LogP contribution in [0.1, 0.15) is 49.7 Å². The van der Waals surface area contributed by atoms with Gasteiger partial charge in [-0.1, -0.05) is 34.1 Å². The van der Waals surface area contributed by atoms with Crippen molar-refractivity contribution in [3.05, 3.63) is 64.1 Å².